The first-order valence-corrected chi connectivity index (χ1v) is 41.2. The number of fused-ring (bicyclic) bond motifs is 4. The van der Waals surface area contributed by atoms with E-state index in [4.69, 9.17) is 63.7 Å². The molecule has 4 saturated heterocycles. The second-order valence-corrected chi connectivity index (χ2v) is 36.2. The van der Waals surface area contributed by atoms with E-state index >= 15 is 0 Å². The molecule has 0 aromatic carbocycles. The van der Waals surface area contributed by atoms with Crippen LogP contribution in [0.15, 0.2) is 39.9 Å². The van der Waals surface area contributed by atoms with Crippen molar-refractivity contribution in [1.29, 1.82) is 1.34 Å². The van der Waals surface area contributed by atoms with Crippen LogP contribution in [0.3, 0.4) is 0 Å². The topological polar surface area (TPSA) is 342 Å². The van der Waals surface area contributed by atoms with E-state index in [0.29, 0.717) is 100 Å². The van der Waals surface area contributed by atoms with Crippen LogP contribution in [0, 0.1) is 24.3 Å². The predicted octanol–water partition coefficient (Wildman–Crippen LogP) is 17.6. The third kappa shape index (κ3) is 32.2. The Labute approximate surface area is 718 Å². The fraction of sp³-hybridized carbons (Fsp3) is 0.528. The van der Waals surface area contributed by atoms with Crippen LogP contribution in [0.4, 0.5) is 92.1 Å². The Morgan fingerprint density at radius 2 is 0.959 bits per heavy atom. The number of carbonyl (C=O) groups excluding carboxylic acids is 5. The van der Waals surface area contributed by atoms with Gasteiger partial charge in [0.1, 0.15) is 59.4 Å². The van der Waals surface area contributed by atoms with Crippen molar-refractivity contribution in [2.24, 2.45) is 22.3 Å². The minimum Gasteiger partial charge on any atom is -0.444 e. The summed E-state index contributed by atoms with van der Waals surface area (Å²) in [6.45, 7) is 27.6. The number of aryl methyl sites for hydroxylation is 1. The monoisotopic (exact) mass is 1880 g/mol. The molecule has 8 N–H and O–H groups in total. The molecule has 4 amide bonds. The molecule has 121 heavy (non-hydrogen) atoms. The lowest BCUT2D eigenvalue weighted by molar-refractivity contribution is -0.127. The number of nitrogens with one attached hydrogen (secondary N) is 2. The van der Waals surface area contributed by atoms with Crippen LogP contribution in [0.5, 0.6) is 0 Å². The van der Waals surface area contributed by atoms with Crippen molar-refractivity contribution in [3.8, 4) is 0 Å². The van der Waals surface area contributed by atoms with Crippen LogP contribution < -0.4 is 38.2 Å². The molecule has 4 fully saturated rings. The van der Waals surface area contributed by atoms with Gasteiger partial charge in [-0.05, 0) is 135 Å². The van der Waals surface area contributed by atoms with E-state index in [0.717, 1.165) is 114 Å². The molecule has 1 radical (unpaired) electrons. The lowest BCUT2D eigenvalue weighted by Gasteiger charge is -2.27. The number of aromatic nitrogens is 8. The Hall–Kier alpha value is -8.62. The van der Waals surface area contributed by atoms with E-state index in [9.17, 15) is 99.4 Å². The summed E-state index contributed by atoms with van der Waals surface area (Å²) in [6, 6.07) is 6.66. The summed E-state index contributed by atoms with van der Waals surface area (Å²) in [5.41, 5.74) is 12.1. The largest absolute Gasteiger partial charge is 0.444 e. The quantitative estimate of drug-likeness (QED) is 0.0200. The van der Waals surface area contributed by atoms with Gasteiger partial charge in [0.25, 0.3) is 23.9 Å². The van der Waals surface area contributed by atoms with Gasteiger partial charge >= 0.3 is 48.8 Å². The Bertz CT molecular complexity index is 5140. The Kier molecular flexibility index (Phi) is 34.3. The number of aromatic amines is 2. The molecule has 2 atom stereocenters. The van der Waals surface area contributed by atoms with Crippen molar-refractivity contribution in [1.82, 2.24) is 49.7 Å². The van der Waals surface area contributed by atoms with Crippen molar-refractivity contribution < 1.29 is 99.3 Å². The SMILES string of the molecule is CC(C)(C)OC(=O)N1CCC2(CCN(c3nc(Cl)nc4sc(CC(F)(F)F)cc34)C2)C1.CCCC=O.Cc1nc(N2CCC3(CCN(C(=O)OC(C)(C)C)C3)C2)c2cc(CC(F)(F)F)sc2n1.FC(F)(F)Cc1cc2c(Cl)nc(Cl)nc2s1.NC(=O)c1cc(CC(F)(F)F)sc1N.O=c1[nH]c(=O)c2cc(CC(F)(F)F)sc2[nH]1.[3H][B]C.[C-]#[N+]CC(N)=O. The summed E-state index contributed by atoms with van der Waals surface area (Å²) in [7, 11) is 1.25. The van der Waals surface area contributed by atoms with Crippen molar-refractivity contribution >= 4 is 187 Å². The fourth-order valence-electron chi connectivity index (χ4n) is 12.4. The number of nitrogen functional groups attached to an aromatic ring is 1. The first-order valence-electron chi connectivity index (χ1n) is 36.6. The Balaban J connectivity index is 0.000000234. The van der Waals surface area contributed by atoms with Crippen LogP contribution in [-0.4, -0.2) is 190 Å². The third-order valence-corrected chi connectivity index (χ3v) is 22.8. The van der Waals surface area contributed by atoms with E-state index in [2.05, 4.69) is 55.3 Å². The smallest absolute Gasteiger partial charge is 0.410 e. The van der Waals surface area contributed by atoms with Crippen molar-refractivity contribution in [3.05, 3.63) is 114 Å². The van der Waals surface area contributed by atoms with Gasteiger partial charge in [0.05, 0.1) is 66.6 Å². The van der Waals surface area contributed by atoms with Gasteiger partial charge in [0, 0.05) is 99.4 Å². The molecule has 2 unspecified atom stereocenters. The Morgan fingerprint density at radius 3 is 1.33 bits per heavy atom. The number of aldehydes is 1. The Morgan fingerprint density at radius 1 is 0.579 bits per heavy atom. The van der Waals surface area contributed by atoms with Gasteiger partial charge < -0.3 is 55.9 Å². The number of hydrogen-bond donors (Lipinski definition) is 5. The van der Waals surface area contributed by atoms with Gasteiger partial charge in [0.2, 0.25) is 10.6 Å². The summed E-state index contributed by atoms with van der Waals surface area (Å²) >= 11 is 21.8. The van der Waals surface area contributed by atoms with Crippen LogP contribution in [0.2, 0.25) is 22.5 Å². The summed E-state index contributed by atoms with van der Waals surface area (Å²) in [4.78, 5) is 118. The predicted molar refractivity (Wildman–Crippen MR) is 439 cm³/mol. The van der Waals surface area contributed by atoms with E-state index < -0.39 is 97.3 Å². The number of carbonyl (C=O) groups is 5. The van der Waals surface area contributed by atoms with Crippen molar-refractivity contribution in [3.63, 3.8) is 0 Å². The third-order valence-electron chi connectivity index (χ3n) is 17.0. The second-order valence-electron chi connectivity index (χ2n) is 29.6. The molecule has 2 spiro atoms. The second kappa shape index (κ2) is 41.7. The molecule has 13 heterocycles. The van der Waals surface area contributed by atoms with Gasteiger partial charge in [-0.3, -0.25) is 24.4 Å². The molecule has 9 aromatic heterocycles. The van der Waals surface area contributed by atoms with Gasteiger partial charge in [0.15, 0.2) is 0 Å². The number of halogens is 18. The number of rotatable bonds is 11. The van der Waals surface area contributed by atoms with Gasteiger partial charge in [-0.2, -0.15) is 70.8 Å². The first-order chi connectivity index (χ1) is 56.2. The van der Waals surface area contributed by atoms with Crippen LogP contribution in [0.1, 0.15) is 128 Å². The number of alkyl halides is 15. The lowest BCUT2D eigenvalue weighted by Crippen LogP contribution is -2.37. The van der Waals surface area contributed by atoms with Gasteiger partial charge in [-0.25, -0.2) is 45.9 Å². The van der Waals surface area contributed by atoms with Crippen molar-refractivity contribution in [2.75, 3.05) is 74.4 Å². The number of nitrogens with zero attached hydrogens (tertiary/aromatic N) is 11. The standard InChI is InChI=1S/C21H27F3N4O2S.C20H24ClF3N4O2S.C8H3Cl2F3N2S.C8H5F3N2O2S.C7H7F3N2OS.C4H8O.C3H4N2O.CH4B/c1-13-25-16(15-9-14(10-21(22,23)24)31-17(15)26-13)27-7-5-20(11-27)6-8-28(12-20)18(29)30-19(2,3)4;1-18(2,3)30-17(29)28-7-5-19(11-28)4-6-27(10-19)14-13-8-12(9-20(22,23)24)31-15(13)26-16(21)25-14;9-5-4-1-3(2-8(11,12)13)16-6(4)15-7(10)14-5;9-8(10,11)2-3-1-4-5(14)12-7(15)13-6(4)16-3;8-7(9,10)2-3-1-4(5(11)13)6(12)14-3;1-2-3-4-5;1-5-2-3(4)6;1-2/h9H,5-8,10-12H2,1-4H3;8H,4-7,9-11H2,1-3H3;1H,2H2;1H,2H2,(H2,12,13,14,15);1H,2,12H2,(H2,11,13);4H,2-3H2,1H3;2H2,(H2,4,6);2H,1H3/i;;;;;;;2T. The number of H-pyrrole nitrogens is 2. The molecular formula is C72H82BCl3F15N16O9S5. The number of unbranched alkanes of at least 4 members (excludes halogenated alkanes) is 1. The molecule has 9 aromatic rings. The molecule has 4 aliphatic rings. The number of ether oxygens (including phenoxy) is 2. The number of anilines is 3. The zero-order chi connectivity index (χ0) is 91.8. The molecule has 663 valence electrons. The lowest BCUT2D eigenvalue weighted by atomic mass is 9.86. The molecule has 4 aliphatic heterocycles. The zero-order valence-electron chi connectivity index (χ0n) is 66.9. The van der Waals surface area contributed by atoms with E-state index in [-0.39, 0.29) is 90.4 Å². The van der Waals surface area contributed by atoms with E-state index in [1.165, 1.54) is 19.9 Å². The maximum Gasteiger partial charge on any atom is 0.410 e. The molecule has 25 nitrogen and oxygen atoms in total. The maximum absolute atomic E-state index is 12.9. The normalized spacial score (nSPS) is 16.7. The molecule has 0 aliphatic carbocycles. The van der Waals surface area contributed by atoms with E-state index in [1.807, 2.05) is 53.5 Å². The molecule has 0 saturated carbocycles. The summed E-state index contributed by atoms with van der Waals surface area (Å²) in [6.07, 6.45) is -21.1. The fourth-order valence-corrected chi connectivity index (χ4v) is 18.4. The highest BCUT2D eigenvalue weighted by Gasteiger charge is 2.49. The van der Waals surface area contributed by atoms with Gasteiger partial charge in [-0.15, -0.1) is 56.7 Å². The van der Waals surface area contributed by atoms with Crippen molar-refractivity contribution in [2.45, 2.75) is 175 Å². The van der Waals surface area contributed by atoms with Crippen LogP contribution in [0.25, 0.3) is 45.7 Å². The average molecular weight is 1880 g/mol. The van der Waals surface area contributed by atoms with Gasteiger partial charge in [-0.1, -0.05) is 25.3 Å². The summed E-state index contributed by atoms with van der Waals surface area (Å²) < 4.78 is 203. The number of thiophene rings is 5. The molecule has 0 bridgehead atoms. The first kappa shape index (κ1) is 99.5. The summed E-state index contributed by atoms with van der Waals surface area (Å²) in [5, 5.41) is 1.78. The highest BCUT2D eigenvalue weighted by atomic mass is 35.5. The number of primary amides is 2. The minimum absolute atomic E-state index is 0.00477. The number of amides is 4. The zero-order valence-corrected chi connectivity index (χ0v) is 72.2. The van der Waals surface area contributed by atoms with Crippen LogP contribution in [-0.2, 0) is 51.2 Å². The average Bonchev–Trinajstić information content (AvgIpc) is 1.61. The number of likely N-dealkylation sites (tertiary alicyclic amines) is 2. The maximum atomic E-state index is 12.9. The molecular weight excluding hydrogens is 1800 g/mol. The minimum atomic E-state index is -4.33. The highest BCUT2D eigenvalue weighted by molar-refractivity contribution is 7.19. The molecule has 13 rings (SSSR count). The summed E-state index contributed by atoms with van der Waals surface area (Å²) in [5.74, 6) is 0.426. The highest BCUT2D eigenvalue weighted by Crippen LogP contribution is 2.47. The van der Waals surface area contributed by atoms with Crippen LogP contribution >= 0.6 is 91.5 Å². The molecule has 49 heteroatoms. The number of nitrogens with two attached hydrogens (primary N) is 3. The number of hydrogen-bond acceptors (Lipinski definition) is 23. The van der Waals surface area contributed by atoms with E-state index in [1.54, 1.807) is 29.6 Å².